The van der Waals surface area contributed by atoms with Crippen molar-refractivity contribution < 1.29 is 13.7 Å². The van der Waals surface area contributed by atoms with Crippen LogP contribution in [0.15, 0.2) is 30.5 Å². The number of thiazole rings is 1. The number of hydrogen-bond acceptors (Lipinski definition) is 6. The van der Waals surface area contributed by atoms with Crippen molar-refractivity contribution in [2.45, 2.75) is 52.4 Å². The first-order valence-electron chi connectivity index (χ1n) is 10.6. The van der Waals surface area contributed by atoms with E-state index in [2.05, 4.69) is 35.5 Å². The van der Waals surface area contributed by atoms with Crippen molar-refractivity contribution in [1.29, 1.82) is 0 Å². The molecule has 0 spiro atoms. The lowest BCUT2D eigenvalue weighted by Gasteiger charge is -2.13. The van der Waals surface area contributed by atoms with Crippen molar-refractivity contribution in [2.24, 2.45) is 0 Å². The first kappa shape index (κ1) is 24.4. The predicted molar refractivity (Wildman–Crippen MR) is 130 cm³/mol. The van der Waals surface area contributed by atoms with Gasteiger partial charge in [-0.2, -0.15) is 0 Å². The van der Waals surface area contributed by atoms with E-state index in [-0.39, 0.29) is 17.7 Å². The SMILES string of the molecule is CCCS(=O)Nc1cccc(-c2nc(C(C)(C)C)sc2-c2ccnc(CCCO)n2)c1F. The van der Waals surface area contributed by atoms with Gasteiger partial charge in [0, 0.05) is 36.0 Å². The van der Waals surface area contributed by atoms with Crippen LogP contribution in [0.2, 0.25) is 0 Å². The van der Waals surface area contributed by atoms with E-state index in [4.69, 9.17) is 10.1 Å². The van der Waals surface area contributed by atoms with Crippen LogP contribution in [0.1, 0.15) is 51.4 Å². The molecule has 0 radical (unpaired) electrons. The molecule has 3 aromatic rings. The summed E-state index contributed by atoms with van der Waals surface area (Å²) < 4.78 is 30.4. The summed E-state index contributed by atoms with van der Waals surface area (Å²) in [5.74, 6) is 0.578. The van der Waals surface area contributed by atoms with Gasteiger partial charge in [-0.15, -0.1) is 11.3 Å². The van der Waals surface area contributed by atoms with Crippen molar-refractivity contribution in [3.8, 4) is 21.8 Å². The second-order valence-corrected chi connectivity index (χ2v) is 10.8. The van der Waals surface area contributed by atoms with Gasteiger partial charge in [-0.3, -0.25) is 0 Å². The number of halogens is 1. The molecule has 0 fully saturated rings. The Kier molecular flexibility index (Phi) is 8.08. The van der Waals surface area contributed by atoms with E-state index in [9.17, 15) is 4.21 Å². The number of aromatic nitrogens is 3. The van der Waals surface area contributed by atoms with Crippen LogP contribution < -0.4 is 4.72 Å². The van der Waals surface area contributed by atoms with Gasteiger partial charge >= 0.3 is 0 Å². The maximum absolute atomic E-state index is 15.5. The van der Waals surface area contributed by atoms with E-state index >= 15 is 4.39 Å². The van der Waals surface area contributed by atoms with E-state index in [1.807, 2.05) is 6.92 Å². The molecule has 0 saturated carbocycles. The molecule has 172 valence electrons. The molecule has 0 aliphatic rings. The fourth-order valence-corrected chi connectivity index (χ4v) is 5.02. The highest BCUT2D eigenvalue weighted by atomic mass is 32.2. The highest BCUT2D eigenvalue weighted by Gasteiger charge is 2.26. The van der Waals surface area contributed by atoms with Crippen molar-refractivity contribution in [3.05, 3.63) is 47.1 Å². The van der Waals surface area contributed by atoms with Crippen LogP contribution in [-0.4, -0.2) is 36.6 Å². The minimum Gasteiger partial charge on any atom is -0.396 e. The summed E-state index contributed by atoms with van der Waals surface area (Å²) >= 11 is 1.49. The fourth-order valence-electron chi connectivity index (χ4n) is 3.03. The fraction of sp³-hybridized carbons (Fsp3) is 0.435. The molecular weight excluding hydrogens is 447 g/mol. The Labute approximate surface area is 195 Å². The minimum absolute atomic E-state index is 0.0674. The maximum Gasteiger partial charge on any atom is 0.156 e. The molecule has 9 heteroatoms. The Morgan fingerprint density at radius 1 is 1.22 bits per heavy atom. The molecule has 0 saturated heterocycles. The lowest BCUT2D eigenvalue weighted by molar-refractivity contribution is 0.287. The van der Waals surface area contributed by atoms with Gasteiger partial charge in [0.05, 0.1) is 27.0 Å². The van der Waals surface area contributed by atoms with E-state index < -0.39 is 16.8 Å². The Morgan fingerprint density at radius 2 is 2.00 bits per heavy atom. The van der Waals surface area contributed by atoms with E-state index in [0.29, 0.717) is 41.4 Å². The van der Waals surface area contributed by atoms with Crippen LogP contribution in [0.4, 0.5) is 10.1 Å². The molecule has 0 bridgehead atoms. The molecule has 3 rings (SSSR count). The molecule has 6 nitrogen and oxygen atoms in total. The Hall–Kier alpha value is -2.23. The lowest BCUT2D eigenvalue weighted by Crippen LogP contribution is -2.10. The molecule has 1 atom stereocenters. The predicted octanol–water partition coefficient (Wildman–Crippen LogP) is 5.11. The molecular formula is C23H29FN4O2S2. The molecule has 0 aliphatic carbocycles. The third-order valence-electron chi connectivity index (χ3n) is 4.63. The summed E-state index contributed by atoms with van der Waals surface area (Å²) in [6, 6.07) is 6.79. The average Bonchev–Trinajstić information content (AvgIpc) is 3.20. The van der Waals surface area contributed by atoms with Gasteiger partial charge in [-0.05, 0) is 31.0 Å². The summed E-state index contributed by atoms with van der Waals surface area (Å²) in [7, 11) is -1.35. The zero-order valence-corrected chi connectivity index (χ0v) is 20.4. The normalized spacial score (nSPS) is 12.7. The van der Waals surface area contributed by atoms with Gasteiger partial charge in [-0.1, -0.05) is 33.8 Å². The number of aliphatic hydroxyl groups is 1. The summed E-state index contributed by atoms with van der Waals surface area (Å²) in [5, 5.41) is 9.99. The van der Waals surface area contributed by atoms with Gasteiger partial charge < -0.3 is 9.83 Å². The number of aryl methyl sites for hydroxylation is 1. The quantitative estimate of drug-likeness (QED) is 0.448. The van der Waals surface area contributed by atoms with Crippen molar-refractivity contribution in [2.75, 3.05) is 17.1 Å². The number of anilines is 1. The van der Waals surface area contributed by atoms with Crippen LogP contribution in [-0.2, 0) is 22.8 Å². The van der Waals surface area contributed by atoms with Crippen LogP contribution >= 0.6 is 11.3 Å². The lowest BCUT2D eigenvalue weighted by atomic mass is 9.98. The van der Waals surface area contributed by atoms with Crippen LogP contribution in [0.25, 0.3) is 21.8 Å². The first-order valence-corrected chi connectivity index (χ1v) is 12.8. The molecule has 1 unspecified atom stereocenters. The summed E-state index contributed by atoms with van der Waals surface area (Å²) in [5.41, 5.74) is 1.48. The molecule has 2 N–H and O–H groups in total. The standard InChI is InChI=1S/C23H29FN4O2S2/c1-5-14-32(30)28-16-9-6-8-15(19(16)24)20-21(31-22(27-20)23(2,3)4)17-11-12-25-18(26-17)10-7-13-29/h6,8-9,11-12,28-29H,5,7,10,13-14H2,1-4H3. The third kappa shape index (κ3) is 5.76. The van der Waals surface area contributed by atoms with Gasteiger partial charge in [-0.25, -0.2) is 23.6 Å². The van der Waals surface area contributed by atoms with Crippen LogP contribution in [0, 0.1) is 5.82 Å². The highest BCUT2D eigenvalue weighted by Crippen LogP contribution is 2.41. The van der Waals surface area contributed by atoms with E-state index in [1.165, 1.54) is 11.3 Å². The van der Waals surface area contributed by atoms with Gasteiger partial charge in [0.2, 0.25) is 0 Å². The smallest absolute Gasteiger partial charge is 0.156 e. The average molecular weight is 477 g/mol. The molecule has 32 heavy (non-hydrogen) atoms. The van der Waals surface area contributed by atoms with Crippen molar-refractivity contribution in [1.82, 2.24) is 15.0 Å². The van der Waals surface area contributed by atoms with Crippen molar-refractivity contribution in [3.63, 3.8) is 0 Å². The van der Waals surface area contributed by atoms with Gasteiger partial charge in [0.15, 0.2) is 5.82 Å². The zero-order chi connectivity index (χ0) is 23.3. The number of hydrogen-bond donors (Lipinski definition) is 2. The largest absolute Gasteiger partial charge is 0.396 e. The minimum atomic E-state index is -1.35. The first-order chi connectivity index (χ1) is 15.2. The Balaban J connectivity index is 2.11. The second-order valence-electron chi connectivity index (χ2n) is 8.45. The Morgan fingerprint density at radius 3 is 2.69 bits per heavy atom. The van der Waals surface area contributed by atoms with Crippen LogP contribution in [0.3, 0.4) is 0 Å². The molecule has 2 aromatic heterocycles. The summed E-state index contributed by atoms with van der Waals surface area (Å²) in [6.45, 7) is 8.19. The molecule has 0 amide bonds. The molecule has 2 heterocycles. The summed E-state index contributed by atoms with van der Waals surface area (Å²) in [4.78, 5) is 14.5. The van der Waals surface area contributed by atoms with Crippen molar-refractivity contribution >= 4 is 28.0 Å². The van der Waals surface area contributed by atoms with E-state index in [1.54, 1.807) is 30.5 Å². The number of rotatable bonds is 9. The number of nitrogens with zero attached hydrogens (tertiary/aromatic N) is 3. The number of aliphatic hydroxyl groups excluding tert-OH is 1. The molecule has 1 aromatic carbocycles. The topological polar surface area (TPSA) is 88.0 Å². The highest BCUT2D eigenvalue weighted by molar-refractivity contribution is 7.86. The second kappa shape index (κ2) is 10.6. The Bertz CT molecular complexity index is 1100. The third-order valence-corrected chi connectivity index (χ3v) is 7.36. The number of benzene rings is 1. The monoisotopic (exact) mass is 476 g/mol. The maximum atomic E-state index is 15.5. The summed E-state index contributed by atoms with van der Waals surface area (Å²) in [6.07, 6.45) is 3.54. The number of nitrogens with one attached hydrogen (secondary N) is 1. The molecule has 0 aliphatic heterocycles. The van der Waals surface area contributed by atoms with E-state index in [0.717, 1.165) is 16.3 Å². The van der Waals surface area contributed by atoms with Gasteiger partial charge in [0.25, 0.3) is 0 Å². The van der Waals surface area contributed by atoms with Gasteiger partial charge in [0.1, 0.15) is 16.8 Å². The zero-order valence-electron chi connectivity index (χ0n) is 18.8. The van der Waals surface area contributed by atoms with Crippen LogP contribution in [0.5, 0.6) is 0 Å².